The van der Waals surface area contributed by atoms with Crippen LogP contribution in [0.15, 0.2) is 11.6 Å². The Morgan fingerprint density at radius 3 is 2.41 bits per heavy atom. The molecule has 17 heavy (non-hydrogen) atoms. The molecule has 0 aromatic carbocycles. The van der Waals surface area contributed by atoms with Gasteiger partial charge in [-0.05, 0) is 37.5 Å². The summed E-state index contributed by atoms with van der Waals surface area (Å²) in [5, 5.41) is 0. The minimum atomic E-state index is 0.0557. The zero-order valence-corrected chi connectivity index (χ0v) is 11.6. The van der Waals surface area contributed by atoms with Crippen molar-refractivity contribution in [2.45, 2.75) is 47.0 Å². The summed E-state index contributed by atoms with van der Waals surface area (Å²) < 4.78 is 0. The van der Waals surface area contributed by atoms with Gasteiger partial charge in [0.1, 0.15) is 0 Å². The molecule has 1 fully saturated rings. The van der Waals surface area contributed by atoms with Crippen LogP contribution in [0.4, 0.5) is 0 Å². The molecule has 1 saturated heterocycles. The molecule has 2 aliphatic rings. The van der Waals surface area contributed by atoms with Crippen molar-refractivity contribution in [2.24, 2.45) is 17.3 Å². The van der Waals surface area contributed by atoms with E-state index >= 15 is 0 Å². The molecule has 1 aliphatic carbocycles. The number of rotatable bonds is 1. The summed E-state index contributed by atoms with van der Waals surface area (Å²) in [6.45, 7) is 10.8. The fraction of sp³-hybridized carbons (Fsp3) is 0.800. The quantitative estimate of drug-likeness (QED) is 0.639. The summed E-state index contributed by atoms with van der Waals surface area (Å²) in [5.41, 5.74) is 1.43. The molecular weight excluding hydrogens is 210 g/mol. The van der Waals surface area contributed by atoms with E-state index in [1.807, 2.05) is 0 Å². The van der Waals surface area contributed by atoms with Gasteiger partial charge in [-0.2, -0.15) is 0 Å². The van der Waals surface area contributed by atoms with Crippen molar-refractivity contribution in [3.05, 3.63) is 11.6 Å². The molecule has 0 radical (unpaired) electrons. The number of hydrogen-bond donors (Lipinski definition) is 0. The Balaban J connectivity index is 2.02. The van der Waals surface area contributed by atoms with Crippen molar-refractivity contribution in [3.63, 3.8) is 0 Å². The second-order valence-electron chi connectivity index (χ2n) is 6.40. The van der Waals surface area contributed by atoms with Gasteiger partial charge in [0.2, 0.25) is 5.91 Å². The van der Waals surface area contributed by atoms with Gasteiger partial charge in [0, 0.05) is 13.1 Å². The van der Waals surface area contributed by atoms with E-state index in [2.05, 4.69) is 38.7 Å². The number of carbonyl (C=O) groups is 1. The predicted molar refractivity (Wildman–Crippen MR) is 70.6 cm³/mol. The van der Waals surface area contributed by atoms with Crippen LogP contribution in [0, 0.1) is 17.3 Å². The number of allylic oxidation sites excluding steroid dienone is 2. The lowest BCUT2D eigenvalue weighted by molar-refractivity contribution is -0.139. The highest BCUT2D eigenvalue weighted by molar-refractivity contribution is 5.81. The Morgan fingerprint density at radius 1 is 1.35 bits per heavy atom. The average Bonchev–Trinajstić information content (AvgIpc) is 2.54. The van der Waals surface area contributed by atoms with Crippen molar-refractivity contribution >= 4 is 5.91 Å². The number of likely N-dealkylation sites (tertiary alicyclic amines) is 1. The van der Waals surface area contributed by atoms with Crippen LogP contribution < -0.4 is 0 Å². The van der Waals surface area contributed by atoms with Crippen molar-refractivity contribution in [2.75, 3.05) is 13.1 Å². The minimum absolute atomic E-state index is 0.0557. The highest BCUT2D eigenvalue weighted by Gasteiger charge is 2.41. The lowest BCUT2D eigenvalue weighted by Gasteiger charge is -2.36. The first-order valence-electron chi connectivity index (χ1n) is 6.89. The zero-order chi connectivity index (χ0) is 12.6. The summed E-state index contributed by atoms with van der Waals surface area (Å²) >= 11 is 0. The summed E-state index contributed by atoms with van der Waals surface area (Å²) in [6, 6.07) is 0. The summed E-state index contributed by atoms with van der Waals surface area (Å²) in [7, 11) is 0. The van der Waals surface area contributed by atoms with Crippen LogP contribution in [0.3, 0.4) is 0 Å². The number of nitrogens with zero attached hydrogens (tertiary/aromatic N) is 1. The van der Waals surface area contributed by atoms with Crippen LogP contribution in [0.2, 0.25) is 0 Å². The van der Waals surface area contributed by atoms with E-state index in [0.717, 1.165) is 25.4 Å². The fourth-order valence-electron chi connectivity index (χ4n) is 2.99. The Morgan fingerprint density at radius 2 is 1.94 bits per heavy atom. The Hall–Kier alpha value is -0.790. The largest absolute Gasteiger partial charge is 0.342 e. The van der Waals surface area contributed by atoms with Crippen LogP contribution in [-0.4, -0.2) is 23.9 Å². The normalized spacial score (nSPS) is 29.3. The van der Waals surface area contributed by atoms with Gasteiger partial charge in [-0.15, -0.1) is 0 Å². The molecule has 1 aliphatic heterocycles. The van der Waals surface area contributed by atoms with E-state index in [-0.39, 0.29) is 11.3 Å². The van der Waals surface area contributed by atoms with Gasteiger partial charge in [-0.3, -0.25) is 4.79 Å². The zero-order valence-electron chi connectivity index (χ0n) is 11.6. The molecule has 0 aromatic heterocycles. The molecule has 0 bridgehead atoms. The van der Waals surface area contributed by atoms with E-state index in [1.54, 1.807) is 0 Å². The fourth-order valence-corrected chi connectivity index (χ4v) is 2.99. The predicted octanol–water partition coefficient (Wildman–Crippen LogP) is 3.24. The van der Waals surface area contributed by atoms with E-state index in [1.165, 1.54) is 18.4 Å². The van der Waals surface area contributed by atoms with Crippen LogP contribution in [0.1, 0.15) is 47.0 Å². The van der Waals surface area contributed by atoms with Gasteiger partial charge >= 0.3 is 0 Å². The lowest BCUT2D eigenvalue weighted by atomic mass is 9.77. The Labute approximate surface area is 105 Å². The molecule has 0 aromatic rings. The topological polar surface area (TPSA) is 20.3 Å². The third-order valence-corrected chi connectivity index (χ3v) is 4.94. The maximum absolute atomic E-state index is 12.6. The second-order valence-corrected chi connectivity index (χ2v) is 6.40. The van der Waals surface area contributed by atoms with E-state index in [4.69, 9.17) is 0 Å². The van der Waals surface area contributed by atoms with E-state index in [9.17, 15) is 4.79 Å². The van der Waals surface area contributed by atoms with E-state index in [0.29, 0.717) is 5.91 Å². The molecule has 0 spiro atoms. The smallest absolute Gasteiger partial charge is 0.226 e. The van der Waals surface area contributed by atoms with Crippen molar-refractivity contribution in [1.29, 1.82) is 0 Å². The number of amides is 1. The van der Waals surface area contributed by atoms with Crippen LogP contribution in [-0.2, 0) is 4.79 Å². The molecule has 1 unspecified atom stereocenters. The van der Waals surface area contributed by atoms with Gasteiger partial charge in [0.15, 0.2) is 0 Å². The van der Waals surface area contributed by atoms with Gasteiger partial charge < -0.3 is 4.90 Å². The summed E-state index contributed by atoms with van der Waals surface area (Å²) in [4.78, 5) is 14.7. The number of hydrogen-bond acceptors (Lipinski definition) is 1. The molecule has 0 saturated carbocycles. The molecule has 96 valence electrons. The SMILES string of the molecule is CC1=CCC(C(=O)N2CCC(C)CC2)C1(C)C. The number of carbonyl (C=O) groups excluding carboxylic acids is 1. The second kappa shape index (κ2) is 4.47. The number of piperidine rings is 1. The van der Waals surface area contributed by atoms with Crippen molar-refractivity contribution in [3.8, 4) is 0 Å². The summed E-state index contributed by atoms with van der Waals surface area (Å²) in [5.74, 6) is 1.35. The van der Waals surface area contributed by atoms with Gasteiger partial charge in [-0.1, -0.05) is 32.4 Å². The van der Waals surface area contributed by atoms with Gasteiger partial charge in [0.25, 0.3) is 0 Å². The highest BCUT2D eigenvalue weighted by Crippen LogP contribution is 2.44. The maximum atomic E-state index is 12.6. The molecular formula is C15H25NO. The van der Waals surface area contributed by atoms with Gasteiger partial charge in [0.05, 0.1) is 5.92 Å². The Bertz CT molecular complexity index is 335. The first-order chi connectivity index (χ1) is 7.93. The Kier molecular flexibility index (Phi) is 3.33. The highest BCUT2D eigenvalue weighted by atomic mass is 16.2. The molecule has 2 heteroatoms. The van der Waals surface area contributed by atoms with Crippen LogP contribution in [0.5, 0.6) is 0 Å². The minimum Gasteiger partial charge on any atom is -0.342 e. The molecule has 2 rings (SSSR count). The van der Waals surface area contributed by atoms with Crippen molar-refractivity contribution < 1.29 is 4.79 Å². The molecule has 1 atom stereocenters. The van der Waals surface area contributed by atoms with Crippen LogP contribution >= 0.6 is 0 Å². The molecule has 1 heterocycles. The maximum Gasteiger partial charge on any atom is 0.226 e. The van der Waals surface area contributed by atoms with Crippen molar-refractivity contribution in [1.82, 2.24) is 4.90 Å². The average molecular weight is 235 g/mol. The first-order valence-corrected chi connectivity index (χ1v) is 6.89. The first kappa shape index (κ1) is 12.7. The third kappa shape index (κ3) is 2.27. The lowest BCUT2D eigenvalue weighted by Crippen LogP contribution is -2.44. The standard InChI is InChI=1S/C15H25NO/c1-11-7-9-16(10-8-11)14(17)13-6-5-12(2)15(13,3)4/h5,11,13H,6-10H2,1-4H3. The summed E-state index contributed by atoms with van der Waals surface area (Å²) in [6.07, 6.45) is 5.52. The molecule has 0 N–H and O–H groups in total. The third-order valence-electron chi connectivity index (χ3n) is 4.94. The van der Waals surface area contributed by atoms with Crippen LogP contribution in [0.25, 0.3) is 0 Å². The van der Waals surface area contributed by atoms with Gasteiger partial charge in [-0.25, -0.2) is 0 Å². The molecule has 1 amide bonds. The van der Waals surface area contributed by atoms with E-state index < -0.39 is 0 Å². The molecule has 2 nitrogen and oxygen atoms in total. The monoisotopic (exact) mass is 235 g/mol.